The fraction of sp³-hybridized carbons (Fsp3) is 0.200. The third-order valence-electron chi connectivity index (χ3n) is 2.62. The number of nitrogens with one attached hydrogen (secondary N) is 3. The molecule has 128 valence electrons. The van der Waals surface area contributed by atoms with Crippen molar-refractivity contribution in [2.24, 2.45) is 0 Å². The van der Waals surface area contributed by atoms with Crippen molar-refractivity contribution in [2.75, 3.05) is 6.61 Å². The fourth-order valence-electron chi connectivity index (χ4n) is 1.44. The monoisotopic (exact) mass is 413 g/mol. The second kappa shape index (κ2) is 9.78. The quantitative estimate of drug-likeness (QED) is 0.299. The van der Waals surface area contributed by atoms with Gasteiger partial charge in [0.15, 0.2) is 5.11 Å². The van der Waals surface area contributed by atoms with Gasteiger partial charge in [-0.3, -0.25) is 25.8 Å². The number of esters is 1. The molecule has 0 aliphatic carbocycles. The number of halogens is 1. The van der Waals surface area contributed by atoms with Crippen molar-refractivity contribution in [3.63, 3.8) is 0 Å². The summed E-state index contributed by atoms with van der Waals surface area (Å²) in [5.41, 5.74) is 6.16. The zero-order chi connectivity index (χ0) is 18.1. The average molecular weight is 414 g/mol. The predicted molar refractivity (Wildman–Crippen MR) is 96.0 cm³/mol. The molecule has 1 aromatic carbocycles. The van der Waals surface area contributed by atoms with Gasteiger partial charge in [0, 0.05) is 22.2 Å². The molecule has 0 aliphatic rings. The van der Waals surface area contributed by atoms with E-state index in [-0.39, 0.29) is 11.7 Å². The van der Waals surface area contributed by atoms with Gasteiger partial charge in [0.2, 0.25) is 5.91 Å². The van der Waals surface area contributed by atoms with E-state index >= 15 is 0 Å². The normalized spacial score (nSPS) is 10.1. The van der Waals surface area contributed by atoms with Gasteiger partial charge in [0.05, 0.1) is 6.61 Å². The highest BCUT2D eigenvalue weighted by atomic mass is 79.9. The van der Waals surface area contributed by atoms with Crippen LogP contribution < -0.4 is 16.2 Å². The van der Waals surface area contributed by atoms with E-state index in [1.165, 1.54) is 0 Å². The highest BCUT2D eigenvalue weighted by Gasteiger charge is 2.08. The Bertz CT molecular complexity index is 691. The molecule has 0 fully saturated rings. The van der Waals surface area contributed by atoms with Crippen LogP contribution in [0.1, 0.15) is 22.8 Å². The average Bonchev–Trinajstić information content (AvgIpc) is 2.53. The van der Waals surface area contributed by atoms with Crippen LogP contribution >= 0.6 is 28.1 Å². The zero-order valence-electron chi connectivity index (χ0n) is 13.0. The Hall–Kier alpha value is -2.26. The Morgan fingerprint density at radius 1 is 1.25 bits per heavy atom. The molecule has 0 heterocycles. The van der Waals surface area contributed by atoms with Crippen LogP contribution in [0.5, 0.6) is 0 Å². The molecular formula is C15H16BrN3O4S. The van der Waals surface area contributed by atoms with Gasteiger partial charge in [-0.25, -0.2) is 4.79 Å². The van der Waals surface area contributed by atoms with Gasteiger partial charge in [-0.1, -0.05) is 22.0 Å². The molecule has 9 heteroatoms. The fourth-order valence-corrected chi connectivity index (χ4v) is 1.97. The summed E-state index contributed by atoms with van der Waals surface area (Å²) in [5, 5.41) is 2.15. The molecule has 3 N–H and O–H groups in total. The summed E-state index contributed by atoms with van der Waals surface area (Å²) >= 11 is 8.20. The molecule has 0 unspecified atom stereocenters. The summed E-state index contributed by atoms with van der Waals surface area (Å²) in [6.07, 6.45) is 1.95. The van der Waals surface area contributed by atoms with E-state index in [9.17, 15) is 14.4 Å². The Labute approximate surface area is 152 Å². The maximum absolute atomic E-state index is 11.9. The smallest absolute Gasteiger partial charge is 0.330 e. The van der Waals surface area contributed by atoms with Crippen LogP contribution in [-0.4, -0.2) is 29.5 Å². The topological polar surface area (TPSA) is 96.5 Å². The van der Waals surface area contributed by atoms with Crippen LogP contribution in [0.2, 0.25) is 0 Å². The lowest BCUT2D eigenvalue weighted by Crippen LogP contribution is -2.48. The largest absolute Gasteiger partial charge is 0.463 e. The van der Waals surface area contributed by atoms with Crippen molar-refractivity contribution in [1.29, 1.82) is 0 Å². The first-order valence-corrected chi connectivity index (χ1v) is 8.06. The molecule has 1 rings (SSSR count). The molecule has 1 aromatic rings. The third kappa shape index (κ3) is 6.88. The van der Waals surface area contributed by atoms with Crippen LogP contribution in [-0.2, 0) is 14.3 Å². The first-order valence-electron chi connectivity index (χ1n) is 6.85. The van der Waals surface area contributed by atoms with E-state index in [1.54, 1.807) is 25.1 Å². The van der Waals surface area contributed by atoms with Crippen molar-refractivity contribution in [2.45, 2.75) is 13.8 Å². The summed E-state index contributed by atoms with van der Waals surface area (Å²) in [6, 6.07) is 5.11. The lowest BCUT2D eigenvalue weighted by molar-refractivity contribution is -0.137. The van der Waals surface area contributed by atoms with Crippen molar-refractivity contribution in [3.8, 4) is 0 Å². The number of rotatable bonds is 4. The van der Waals surface area contributed by atoms with E-state index in [2.05, 4.69) is 36.8 Å². The molecule has 24 heavy (non-hydrogen) atoms. The molecule has 7 nitrogen and oxygen atoms in total. The Morgan fingerprint density at radius 3 is 2.58 bits per heavy atom. The number of carbonyl (C=O) groups is 3. The minimum Gasteiger partial charge on any atom is -0.463 e. The van der Waals surface area contributed by atoms with Gasteiger partial charge < -0.3 is 4.74 Å². The highest BCUT2D eigenvalue weighted by Crippen LogP contribution is 2.17. The standard InChI is InChI=1S/C15H16BrN3O4S/c1-3-23-13(21)7-6-12(20)17-15(24)19-18-14(22)10-5-4-9(2)11(16)8-10/h4-8H,3H2,1-2H3,(H,18,22)(H2,17,19,20,24)/b7-6+. The van der Waals surface area contributed by atoms with Crippen LogP contribution in [0, 0.1) is 6.92 Å². The Morgan fingerprint density at radius 2 is 1.96 bits per heavy atom. The first kappa shape index (κ1) is 19.8. The predicted octanol–water partition coefficient (Wildman–Crippen LogP) is 1.51. The Kier molecular flexibility index (Phi) is 8.07. The molecule has 0 saturated carbocycles. The summed E-state index contributed by atoms with van der Waals surface area (Å²) < 4.78 is 5.43. The lowest BCUT2D eigenvalue weighted by Gasteiger charge is -2.10. The number of amides is 2. The van der Waals surface area contributed by atoms with Crippen LogP contribution in [0.15, 0.2) is 34.8 Å². The minimum absolute atomic E-state index is 0.118. The number of hydrogen-bond acceptors (Lipinski definition) is 5. The van der Waals surface area contributed by atoms with Crippen LogP contribution in [0.4, 0.5) is 0 Å². The number of benzene rings is 1. The lowest BCUT2D eigenvalue weighted by atomic mass is 10.1. The van der Waals surface area contributed by atoms with E-state index in [0.717, 1.165) is 22.2 Å². The number of aryl methyl sites for hydroxylation is 1. The summed E-state index contributed by atoms with van der Waals surface area (Å²) in [4.78, 5) is 34.5. The highest BCUT2D eigenvalue weighted by molar-refractivity contribution is 9.10. The van der Waals surface area contributed by atoms with Crippen molar-refractivity contribution in [1.82, 2.24) is 16.2 Å². The molecule has 0 spiro atoms. The van der Waals surface area contributed by atoms with Crippen molar-refractivity contribution >= 4 is 51.0 Å². The molecule has 0 saturated heterocycles. The minimum atomic E-state index is -0.634. The number of ether oxygens (including phenoxy) is 1. The van der Waals surface area contributed by atoms with E-state index in [4.69, 9.17) is 12.2 Å². The van der Waals surface area contributed by atoms with Gasteiger partial charge in [0.25, 0.3) is 5.91 Å². The maximum Gasteiger partial charge on any atom is 0.330 e. The molecule has 0 bridgehead atoms. The number of carbonyl (C=O) groups excluding carboxylic acids is 3. The van der Waals surface area contributed by atoms with E-state index in [1.807, 2.05) is 6.92 Å². The SMILES string of the molecule is CCOC(=O)/C=C/C(=O)NC(=S)NNC(=O)c1ccc(C)c(Br)c1. The first-order chi connectivity index (χ1) is 11.3. The summed E-state index contributed by atoms with van der Waals surface area (Å²) in [6.45, 7) is 3.77. The molecule has 0 atom stereocenters. The second-order valence-electron chi connectivity index (χ2n) is 4.45. The zero-order valence-corrected chi connectivity index (χ0v) is 15.4. The summed E-state index contributed by atoms with van der Waals surface area (Å²) in [5.74, 6) is -1.69. The van der Waals surface area contributed by atoms with E-state index < -0.39 is 17.8 Å². The van der Waals surface area contributed by atoms with Crippen LogP contribution in [0.25, 0.3) is 0 Å². The van der Waals surface area contributed by atoms with Gasteiger partial charge in [-0.2, -0.15) is 0 Å². The molecule has 0 radical (unpaired) electrons. The van der Waals surface area contributed by atoms with Crippen molar-refractivity contribution < 1.29 is 19.1 Å². The molecule has 2 amide bonds. The maximum atomic E-state index is 11.9. The molecule has 0 aliphatic heterocycles. The van der Waals surface area contributed by atoms with Gasteiger partial charge in [-0.05, 0) is 43.8 Å². The molecule has 0 aromatic heterocycles. The van der Waals surface area contributed by atoms with Gasteiger partial charge in [0.1, 0.15) is 0 Å². The van der Waals surface area contributed by atoms with Crippen LogP contribution in [0.3, 0.4) is 0 Å². The molecular weight excluding hydrogens is 398 g/mol. The second-order valence-corrected chi connectivity index (χ2v) is 5.71. The van der Waals surface area contributed by atoms with Gasteiger partial charge >= 0.3 is 5.97 Å². The number of hydrogen-bond donors (Lipinski definition) is 3. The Balaban J connectivity index is 2.45. The van der Waals surface area contributed by atoms with E-state index in [0.29, 0.717) is 5.56 Å². The van der Waals surface area contributed by atoms with Gasteiger partial charge in [-0.15, -0.1) is 0 Å². The number of hydrazine groups is 1. The third-order valence-corrected chi connectivity index (χ3v) is 3.68. The summed E-state index contributed by atoms with van der Waals surface area (Å²) in [7, 11) is 0. The van der Waals surface area contributed by atoms with Crippen molar-refractivity contribution in [3.05, 3.63) is 46.0 Å². The number of thiocarbonyl (C=S) groups is 1.